The number of rotatable bonds is 4. The Morgan fingerprint density at radius 1 is 0.895 bits per heavy atom. The summed E-state index contributed by atoms with van der Waals surface area (Å²) in [6, 6.07) is 19.5. The quantitative estimate of drug-likeness (QED) is 0.906. The second kappa shape index (κ2) is 5.55. The van der Waals surface area contributed by atoms with Crippen LogP contribution in [0.25, 0.3) is 0 Å². The van der Waals surface area contributed by atoms with Gasteiger partial charge in [-0.15, -0.1) is 0 Å². The summed E-state index contributed by atoms with van der Waals surface area (Å²) in [6.45, 7) is 4.01. The van der Waals surface area contributed by atoms with Gasteiger partial charge in [-0.1, -0.05) is 54.6 Å². The Balaban J connectivity index is 1.53. The third-order valence-electron chi connectivity index (χ3n) is 3.89. The van der Waals surface area contributed by atoms with Gasteiger partial charge in [-0.05, 0) is 16.7 Å². The molecule has 2 nitrogen and oxygen atoms in total. The zero-order valence-electron chi connectivity index (χ0n) is 11.1. The van der Waals surface area contributed by atoms with Gasteiger partial charge in [-0.25, -0.2) is 0 Å². The minimum Gasteiger partial charge on any atom is -0.326 e. The molecule has 1 aliphatic heterocycles. The fourth-order valence-corrected chi connectivity index (χ4v) is 2.67. The molecule has 0 saturated carbocycles. The zero-order chi connectivity index (χ0) is 13.1. The molecular weight excluding hydrogens is 232 g/mol. The monoisotopic (exact) mass is 252 g/mol. The van der Waals surface area contributed by atoms with Crippen LogP contribution >= 0.6 is 0 Å². The highest BCUT2D eigenvalue weighted by Gasteiger charge is 2.27. The molecule has 0 spiro atoms. The molecule has 2 aromatic rings. The maximum atomic E-state index is 5.61. The Hall–Kier alpha value is -1.64. The number of hydrogen-bond acceptors (Lipinski definition) is 2. The van der Waals surface area contributed by atoms with Crippen molar-refractivity contribution in [3.8, 4) is 0 Å². The van der Waals surface area contributed by atoms with E-state index in [9.17, 15) is 0 Å². The van der Waals surface area contributed by atoms with Crippen molar-refractivity contribution in [1.82, 2.24) is 4.90 Å². The standard InChI is InChI=1S/C17H20N2/c18-10-14-6-8-15(9-7-14)11-19-12-17(13-19)16-4-2-1-3-5-16/h1-9,17H,10-13,18H2. The molecule has 1 fully saturated rings. The molecule has 0 unspecified atom stereocenters. The minimum atomic E-state index is 0.625. The van der Waals surface area contributed by atoms with Crippen LogP contribution < -0.4 is 5.73 Å². The number of benzene rings is 2. The summed E-state index contributed by atoms with van der Waals surface area (Å²) in [4.78, 5) is 2.50. The van der Waals surface area contributed by atoms with Gasteiger partial charge in [0.05, 0.1) is 0 Å². The Labute approximate surface area is 114 Å². The van der Waals surface area contributed by atoms with Crippen molar-refractivity contribution >= 4 is 0 Å². The summed E-state index contributed by atoms with van der Waals surface area (Å²) >= 11 is 0. The molecule has 2 N–H and O–H groups in total. The second-order valence-electron chi connectivity index (χ2n) is 5.32. The lowest BCUT2D eigenvalue weighted by Gasteiger charge is -2.39. The van der Waals surface area contributed by atoms with E-state index in [1.165, 1.54) is 29.8 Å². The fraction of sp³-hybridized carbons (Fsp3) is 0.294. The van der Waals surface area contributed by atoms with Crippen LogP contribution in [-0.2, 0) is 13.1 Å². The van der Waals surface area contributed by atoms with Crippen molar-refractivity contribution < 1.29 is 0 Å². The van der Waals surface area contributed by atoms with E-state index >= 15 is 0 Å². The summed E-state index contributed by atoms with van der Waals surface area (Å²) < 4.78 is 0. The van der Waals surface area contributed by atoms with Crippen molar-refractivity contribution in [2.45, 2.75) is 19.0 Å². The van der Waals surface area contributed by atoms with Gasteiger partial charge in [0.1, 0.15) is 0 Å². The number of hydrogen-bond donors (Lipinski definition) is 1. The lowest BCUT2D eigenvalue weighted by Crippen LogP contribution is -2.44. The summed E-state index contributed by atoms with van der Waals surface area (Å²) in [5.41, 5.74) is 9.66. The first-order valence-corrected chi connectivity index (χ1v) is 6.90. The Kier molecular flexibility index (Phi) is 3.62. The highest BCUT2D eigenvalue weighted by molar-refractivity contribution is 5.25. The first-order valence-electron chi connectivity index (χ1n) is 6.90. The second-order valence-corrected chi connectivity index (χ2v) is 5.32. The first-order chi connectivity index (χ1) is 9.35. The van der Waals surface area contributed by atoms with E-state index in [4.69, 9.17) is 5.73 Å². The highest BCUT2D eigenvalue weighted by atomic mass is 15.2. The van der Waals surface area contributed by atoms with Crippen molar-refractivity contribution in [2.75, 3.05) is 13.1 Å². The van der Waals surface area contributed by atoms with Crippen LogP contribution in [0.3, 0.4) is 0 Å². The maximum absolute atomic E-state index is 5.61. The van der Waals surface area contributed by atoms with Crippen LogP contribution in [0.4, 0.5) is 0 Å². The average molecular weight is 252 g/mol. The van der Waals surface area contributed by atoms with Crippen LogP contribution in [0.1, 0.15) is 22.6 Å². The first kappa shape index (κ1) is 12.4. The predicted octanol–water partition coefficient (Wildman–Crippen LogP) is 2.74. The molecule has 2 aromatic carbocycles. The highest BCUT2D eigenvalue weighted by Crippen LogP contribution is 2.27. The van der Waals surface area contributed by atoms with Crippen molar-refractivity contribution in [2.24, 2.45) is 5.73 Å². The van der Waals surface area contributed by atoms with Gasteiger partial charge >= 0.3 is 0 Å². The van der Waals surface area contributed by atoms with Crippen LogP contribution in [0, 0.1) is 0 Å². The van der Waals surface area contributed by atoms with E-state index in [0.29, 0.717) is 12.5 Å². The topological polar surface area (TPSA) is 29.3 Å². The molecule has 0 amide bonds. The van der Waals surface area contributed by atoms with Gasteiger partial charge in [-0.3, -0.25) is 4.90 Å². The average Bonchev–Trinajstić information content (AvgIpc) is 2.44. The molecule has 1 saturated heterocycles. The molecular formula is C17H20N2. The third-order valence-corrected chi connectivity index (χ3v) is 3.89. The molecule has 0 aliphatic carbocycles. The Morgan fingerprint density at radius 3 is 2.16 bits per heavy atom. The van der Waals surface area contributed by atoms with E-state index in [-0.39, 0.29) is 0 Å². The van der Waals surface area contributed by atoms with Crippen LogP contribution in [0.5, 0.6) is 0 Å². The van der Waals surface area contributed by atoms with Gasteiger partial charge in [0.2, 0.25) is 0 Å². The molecule has 0 radical (unpaired) electrons. The lowest BCUT2D eigenvalue weighted by molar-refractivity contribution is 0.139. The molecule has 3 rings (SSSR count). The fourth-order valence-electron chi connectivity index (χ4n) is 2.67. The van der Waals surface area contributed by atoms with E-state index in [2.05, 4.69) is 59.5 Å². The lowest BCUT2D eigenvalue weighted by atomic mass is 9.91. The summed E-state index contributed by atoms with van der Waals surface area (Å²) in [6.07, 6.45) is 0. The Morgan fingerprint density at radius 2 is 1.53 bits per heavy atom. The van der Waals surface area contributed by atoms with Gasteiger partial charge in [0, 0.05) is 32.1 Å². The van der Waals surface area contributed by atoms with E-state index in [1.807, 2.05) is 0 Å². The summed E-state index contributed by atoms with van der Waals surface area (Å²) in [7, 11) is 0. The zero-order valence-corrected chi connectivity index (χ0v) is 11.1. The minimum absolute atomic E-state index is 0.625. The van der Waals surface area contributed by atoms with Gasteiger partial charge in [0.25, 0.3) is 0 Å². The molecule has 1 aliphatic rings. The molecule has 0 aromatic heterocycles. The van der Waals surface area contributed by atoms with Crippen LogP contribution in [0.2, 0.25) is 0 Å². The maximum Gasteiger partial charge on any atom is 0.0234 e. The van der Waals surface area contributed by atoms with Crippen molar-refractivity contribution in [3.63, 3.8) is 0 Å². The molecule has 1 heterocycles. The van der Waals surface area contributed by atoms with Crippen molar-refractivity contribution in [1.29, 1.82) is 0 Å². The predicted molar refractivity (Wildman–Crippen MR) is 78.8 cm³/mol. The number of nitrogens with two attached hydrogens (primary N) is 1. The third kappa shape index (κ3) is 2.86. The SMILES string of the molecule is NCc1ccc(CN2CC(c3ccccc3)C2)cc1. The summed E-state index contributed by atoms with van der Waals surface area (Å²) in [5.74, 6) is 0.713. The van der Waals surface area contributed by atoms with E-state index in [0.717, 1.165) is 6.54 Å². The largest absolute Gasteiger partial charge is 0.326 e. The van der Waals surface area contributed by atoms with Gasteiger partial charge in [-0.2, -0.15) is 0 Å². The molecule has 98 valence electrons. The normalized spacial score (nSPS) is 16.3. The van der Waals surface area contributed by atoms with Crippen molar-refractivity contribution in [3.05, 3.63) is 71.3 Å². The van der Waals surface area contributed by atoms with Crippen LogP contribution in [0.15, 0.2) is 54.6 Å². The van der Waals surface area contributed by atoms with E-state index in [1.54, 1.807) is 0 Å². The van der Waals surface area contributed by atoms with Gasteiger partial charge < -0.3 is 5.73 Å². The molecule has 0 bridgehead atoms. The smallest absolute Gasteiger partial charge is 0.0234 e. The van der Waals surface area contributed by atoms with E-state index < -0.39 is 0 Å². The Bertz CT molecular complexity index is 513. The molecule has 2 heteroatoms. The number of nitrogens with zero attached hydrogens (tertiary/aromatic N) is 1. The van der Waals surface area contributed by atoms with Gasteiger partial charge in [0.15, 0.2) is 0 Å². The van der Waals surface area contributed by atoms with Crippen LogP contribution in [-0.4, -0.2) is 18.0 Å². The molecule has 19 heavy (non-hydrogen) atoms. The summed E-state index contributed by atoms with van der Waals surface area (Å²) in [5, 5.41) is 0. The number of likely N-dealkylation sites (tertiary alicyclic amines) is 1. The molecule has 0 atom stereocenters.